The molecule has 2 N–H and O–H groups in total. The summed E-state index contributed by atoms with van der Waals surface area (Å²) in [5.41, 5.74) is 0.986. The average Bonchev–Trinajstić information content (AvgIpc) is 2.17. The van der Waals surface area contributed by atoms with Gasteiger partial charge in [0.1, 0.15) is 0 Å². The lowest BCUT2D eigenvalue weighted by atomic mass is 10.3. The standard InChI is InChI=1S/C9H14N2O/c1-10-9(12)11(2)8-6-4-3-5-7-8/h3-7,9-10,12H,1-2H3. The van der Waals surface area contributed by atoms with Gasteiger partial charge in [-0.2, -0.15) is 0 Å². The van der Waals surface area contributed by atoms with Gasteiger partial charge in [-0.05, 0) is 19.2 Å². The highest BCUT2D eigenvalue weighted by molar-refractivity contribution is 5.45. The summed E-state index contributed by atoms with van der Waals surface area (Å²) in [5, 5.41) is 12.1. The van der Waals surface area contributed by atoms with E-state index in [0.29, 0.717) is 0 Å². The van der Waals surface area contributed by atoms with Gasteiger partial charge in [0.25, 0.3) is 0 Å². The van der Waals surface area contributed by atoms with Crippen LogP contribution < -0.4 is 10.2 Å². The van der Waals surface area contributed by atoms with Gasteiger partial charge in [0.05, 0.1) is 0 Å². The Bertz CT molecular complexity index is 225. The van der Waals surface area contributed by atoms with Gasteiger partial charge in [0.2, 0.25) is 0 Å². The van der Waals surface area contributed by atoms with Crippen LogP contribution in [0.3, 0.4) is 0 Å². The summed E-state index contributed by atoms with van der Waals surface area (Å²) in [5.74, 6) is 0. The Hall–Kier alpha value is -1.06. The molecule has 1 rings (SSSR count). The molecule has 0 heterocycles. The molecule has 0 aromatic heterocycles. The highest BCUT2D eigenvalue weighted by Crippen LogP contribution is 2.11. The zero-order chi connectivity index (χ0) is 8.97. The van der Waals surface area contributed by atoms with Gasteiger partial charge in [-0.15, -0.1) is 0 Å². The molecule has 1 atom stereocenters. The minimum atomic E-state index is -0.632. The van der Waals surface area contributed by atoms with Gasteiger partial charge in [-0.3, -0.25) is 5.32 Å². The van der Waals surface area contributed by atoms with Crippen molar-refractivity contribution in [1.29, 1.82) is 0 Å². The number of anilines is 1. The smallest absolute Gasteiger partial charge is 0.183 e. The summed E-state index contributed by atoms with van der Waals surface area (Å²) in [6.45, 7) is 0. The molecule has 66 valence electrons. The van der Waals surface area contributed by atoms with E-state index in [-0.39, 0.29) is 0 Å². The highest BCUT2D eigenvalue weighted by Gasteiger charge is 2.06. The number of nitrogens with zero attached hydrogens (tertiary/aromatic N) is 1. The third-order valence-corrected chi connectivity index (χ3v) is 1.79. The molecular weight excluding hydrogens is 152 g/mol. The Morgan fingerprint density at radius 1 is 1.33 bits per heavy atom. The summed E-state index contributed by atoms with van der Waals surface area (Å²) in [4.78, 5) is 1.75. The summed E-state index contributed by atoms with van der Waals surface area (Å²) < 4.78 is 0. The third-order valence-electron chi connectivity index (χ3n) is 1.79. The van der Waals surface area contributed by atoms with Crippen LogP contribution in [0.5, 0.6) is 0 Å². The summed E-state index contributed by atoms with van der Waals surface area (Å²) in [6.07, 6.45) is -0.632. The molecule has 0 amide bonds. The van der Waals surface area contributed by atoms with Crippen molar-refractivity contribution in [3.63, 3.8) is 0 Å². The predicted molar refractivity (Wildman–Crippen MR) is 49.9 cm³/mol. The molecule has 1 unspecified atom stereocenters. The minimum absolute atomic E-state index is 0.632. The number of aliphatic hydroxyl groups is 1. The Morgan fingerprint density at radius 2 is 1.92 bits per heavy atom. The largest absolute Gasteiger partial charge is 0.361 e. The van der Waals surface area contributed by atoms with E-state index in [1.54, 1.807) is 11.9 Å². The van der Waals surface area contributed by atoms with E-state index in [4.69, 9.17) is 0 Å². The molecule has 0 bridgehead atoms. The van der Waals surface area contributed by atoms with Crippen LogP contribution in [0.15, 0.2) is 30.3 Å². The lowest BCUT2D eigenvalue weighted by Crippen LogP contribution is -2.41. The van der Waals surface area contributed by atoms with E-state index in [1.807, 2.05) is 37.4 Å². The van der Waals surface area contributed by atoms with Crippen LogP contribution in [-0.4, -0.2) is 25.6 Å². The maximum Gasteiger partial charge on any atom is 0.183 e. The van der Waals surface area contributed by atoms with E-state index in [0.717, 1.165) is 5.69 Å². The fraction of sp³-hybridized carbons (Fsp3) is 0.333. The van der Waals surface area contributed by atoms with Crippen molar-refractivity contribution in [3.8, 4) is 0 Å². The van der Waals surface area contributed by atoms with E-state index >= 15 is 0 Å². The topological polar surface area (TPSA) is 35.5 Å². The van der Waals surface area contributed by atoms with Crippen LogP contribution in [0.1, 0.15) is 0 Å². The minimum Gasteiger partial charge on any atom is -0.361 e. The summed E-state index contributed by atoms with van der Waals surface area (Å²) >= 11 is 0. The molecule has 0 saturated carbocycles. The van der Waals surface area contributed by atoms with Gasteiger partial charge >= 0.3 is 0 Å². The molecule has 3 heteroatoms. The molecule has 0 saturated heterocycles. The average molecular weight is 166 g/mol. The number of aliphatic hydroxyl groups excluding tert-OH is 1. The van der Waals surface area contributed by atoms with Crippen LogP contribution in [0.25, 0.3) is 0 Å². The first-order chi connectivity index (χ1) is 5.75. The van der Waals surface area contributed by atoms with Gasteiger partial charge in [-0.1, -0.05) is 18.2 Å². The first kappa shape index (κ1) is 9.03. The third kappa shape index (κ3) is 1.96. The fourth-order valence-corrected chi connectivity index (χ4v) is 0.998. The van der Waals surface area contributed by atoms with Crippen LogP contribution in [0.2, 0.25) is 0 Å². The van der Waals surface area contributed by atoms with Crippen molar-refractivity contribution in [2.24, 2.45) is 0 Å². The van der Waals surface area contributed by atoms with Crippen LogP contribution in [-0.2, 0) is 0 Å². The van der Waals surface area contributed by atoms with Crippen molar-refractivity contribution in [2.45, 2.75) is 6.35 Å². The number of para-hydroxylation sites is 1. The van der Waals surface area contributed by atoms with Gasteiger partial charge in [-0.25, -0.2) is 0 Å². The first-order valence-electron chi connectivity index (χ1n) is 3.89. The highest BCUT2D eigenvalue weighted by atomic mass is 16.3. The Labute approximate surface area is 72.6 Å². The second-order valence-electron chi connectivity index (χ2n) is 2.61. The summed E-state index contributed by atoms with van der Waals surface area (Å²) in [6, 6.07) is 9.71. The van der Waals surface area contributed by atoms with E-state index in [1.165, 1.54) is 0 Å². The van der Waals surface area contributed by atoms with Crippen LogP contribution in [0, 0.1) is 0 Å². The molecule has 12 heavy (non-hydrogen) atoms. The Morgan fingerprint density at radius 3 is 2.42 bits per heavy atom. The summed E-state index contributed by atoms with van der Waals surface area (Å²) in [7, 11) is 3.54. The first-order valence-corrected chi connectivity index (χ1v) is 3.89. The van der Waals surface area contributed by atoms with E-state index in [9.17, 15) is 5.11 Å². The lowest BCUT2D eigenvalue weighted by Gasteiger charge is -2.24. The van der Waals surface area contributed by atoms with Crippen LogP contribution >= 0.6 is 0 Å². The van der Waals surface area contributed by atoms with Gasteiger partial charge < -0.3 is 10.0 Å². The number of benzene rings is 1. The quantitative estimate of drug-likeness (QED) is 0.646. The number of hydrogen-bond donors (Lipinski definition) is 2. The molecule has 0 aliphatic carbocycles. The molecule has 0 aliphatic rings. The van der Waals surface area contributed by atoms with Crippen molar-refractivity contribution >= 4 is 5.69 Å². The SMILES string of the molecule is CNC(O)N(C)c1ccccc1. The maximum absolute atomic E-state index is 9.39. The molecule has 0 fully saturated rings. The number of hydrogen-bond acceptors (Lipinski definition) is 3. The second kappa shape index (κ2) is 4.09. The molecule has 0 radical (unpaired) electrons. The number of rotatable bonds is 3. The monoisotopic (exact) mass is 166 g/mol. The lowest BCUT2D eigenvalue weighted by molar-refractivity contribution is 0.147. The zero-order valence-corrected chi connectivity index (χ0v) is 7.36. The van der Waals surface area contributed by atoms with Crippen molar-refractivity contribution in [1.82, 2.24) is 5.32 Å². The molecular formula is C9H14N2O. The van der Waals surface area contributed by atoms with Gasteiger partial charge in [0, 0.05) is 12.7 Å². The van der Waals surface area contributed by atoms with Gasteiger partial charge in [0.15, 0.2) is 6.35 Å². The number of nitrogens with one attached hydrogen (secondary N) is 1. The maximum atomic E-state index is 9.39. The normalized spacial score (nSPS) is 12.6. The van der Waals surface area contributed by atoms with Crippen LogP contribution in [0.4, 0.5) is 5.69 Å². The second-order valence-corrected chi connectivity index (χ2v) is 2.61. The Kier molecular flexibility index (Phi) is 3.08. The van der Waals surface area contributed by atoms with Crippen molar-refractivity contribution < 1.29 is 5.11 Å². The Balaban J connectivity index is 2.71. The van der Waals surface area contributed by atoms with Crippen molar-refractivity contribution in [3.05, 3.63) is 30.3 Å². The fourth-order valence-electron chi connectivity index (χ4n) is 0.998. The molecule has 0 spiro atoms. The van der Waals surface area contributed by atoms with E-state index < -0.39 is 6.35 Å². The zero-order valence-electron chi connectivity index (χ0n) is 7.36. The molecule has 1 aromatic rings. The molecule has 0 aliphatic heterocycles. The molecule has 3 nitrogen and oxygen atoms in total. The van der Waals surface area contributed by atoms with Crippen molar-refractivity contribution in [2.75, 3.05) is 19.0 Å². The predicted octanol–water partition coefficient (Wildman–Crippen LogP) is 0.618. The molecule has 1 aromatic carbocycles. The van der Waals surface area contributed by atoms with E-state index in [2.05, 4.69) is 5.32 Å².